The zero-order valence-corrected chi connectivity index (χ0v) is 13.5. The summed E-state index contributed by atoms with van der Waals surface area (Å²) in [6, 6.07) is 8.91. The first-order valence-electron chi connectivity index (χ1n) is 7.43. The van der Waals surface area contributed by atoms with Crippen LogP contribution < -0.4 is 10.6 Å². The van der Waals surface area contributed by atoms with Crippen molar-refractivity contribution in [3.05, 3.63) is 42.2 Å². The van der Waals surface area contributed by atoms with Crippen LogP contribution in [0.2, 0.25) is 0 Å². The quantitative estimate of drug-likeness (QED) is 0.786. The van der Waals surface area contributed by atoms with E-state index in [0.717, 1.165) is 12.8 Å². The summed E-state index contributed by atoms with van der Waals surface area (Å²) in [5.41, 5.74) is 0.534. The summed E-state index contributed by atoms with van der Waals surface area (Å²) >= 11 is 1.22. The van der Waals surface area contributed by atoms with Crippen LogP contribution in [-0.2, 0) is 9.59 Å². The van der Waals surface area contributed by atoms with Crippen LogP contribution in [0.4, 0.5) is 15.9 Å². The molecular formula is C16H15FN4O2S. The molecule has 124 valence electrons. The molecule has 1 fully saturated rings. The molecule has 1 aliphatic carbocycles. The summed E-state index contributed by atoms with van der Waals surface area (Å²) in [5, 5.41) is 13.8. The number of benzene rings is 1. The molecule has 0 unspecified atom stereocenters. The number of thioether (sulfide) groups is 1. The number of halogens is 1. The van der Waals surface area contributed by atoms with Crippen molar-refractivity contribution in [3.63, 3.8) is 0 Å². The topological polar surface area (TPSA) is 84.0 Å². The maximum atomic E-state index is 12.8. The molecule has 1 aromatic heterocycles. The first-order valence-corrected chi connectivity index (χ1v) is 8.41. The average Bonchev–Trinajstić information content (AvgIpc) is 3.41. The monoisotopic (exact) mass is 346 g/mol. The highest BCUT2D eigenvalue weighted by atomic mass is 32.2. The van der Waals surface area contributed by atoms with E-state index in [4.69, 9.17) is 0 Å². The minimum atomic E-state index is -0.355. The number of hydrogen-bond donors (Lipinski definition) is 2. The second kappa shape index (κ2) is 7.39. The number of aromatic nitrogens is 2. The van der Waals surface area contributed by atoms with Gasteiger partial charge in [-0.1, -0.05) is 11.8 Å². The highest BCUT2D eigenvalue weighted by Crippen LogP contribution is 2.29. The molecule has 2 N–H and O–H groups in total. The number of carbonyl (C=O) groups excluding carboxylic acids is 2. The predicted molar refractivity (Wildman–Crippen MR) is 89.1 cm³/mol. The van der Waals surface area contributed by atoms with Gasteiger partial charge in [0.1, 0.15) is 10.8 Å². The Morgan fingerprint density at radius 1 is 1.08 bits per heavy atom. The number of nitrogens with zero attached hydrogens (tertiary/aromatic N) is 2. The van der Waals surface area contributed by atoms with Gasteiger partial charge < -0.3 is 10.6 Å². The van der Waals surface area contributed by atoms with Crippen molar-refractivity contribution < 1.29 is 14.0 Å². The molecular weight excluding hydrogens is 331 g/mol. The molecule has 0 radical (unpaired) electrons. The molecule has 0 atom stereocenters. The van der Waals surface area contributed by atoms with Crippen molar-refractivity contribution >= 4 is 35.1 Å². The van der Waals surface area contributed by atoms with Crippen molar-refractivity contribution in [1.29, 1.82) is 0 Å². The summed E-state index contributed by atoms with van der Waals surface area (Å²) in [4.78, 5) is 23.4. The Morgan fingerprint density at radius 2 is 1.83 bits per heavy atom. The van der Waals surface area contributed by atoms with Gasteiger partial charge >= 0.3 is 0 Å². The van der Waals surface area contributed by atoms with Crippen molar-refractivity contribution in [1.82, 2.24) is 10.2 Å². The standard InChI is InChI=1S/C16H15FN4O2S/c17-11-3-5-12(6-4-11)18-14(22)9-24-15-8-7-13(20-21-15)19-16(23)10-1-2-10/h3-8,10H,1-2,9H2,(H,18,22)(H,19,20,23). The van der Waals surface area contributed by atoms with E-state index < -0.39 is 0 Å². The first-order chi connectivity index (χ1) is 11.6. The molecule has 2 amide bonds. The fraction of sp³-hybridized carbons (Fsp3) is 0.250. The Morgan fingerprint density at radius 3 is 2.46 bits per heavy atom. The van der Waals surface area contributed by atoms with Gasteiger partial charge in [-0.2, -0.15) is 0 Å². The second-order valence-electron chi connectivity index (χ2n) is 5.36. The first kappa shape index (κ1) is 16.4. The van der Waals surface area contributed by atoms with Crippen LogP contribution in [0, 0.1) is 11.7 Å². The van der Waals surface area contributed by atoms with Gasteiger partial charge in [0.25, 0.3) is 0 Å². The molecule has 0 saturated heterocycles. The van der Waals surface area contributed by atoms with E-state index in [1.54, 1.807) is 12.1 Å². The van der Waals surface area contributed by atoms with Crippen LogP contribution in [0.5, 0.6) is 0 Å². The van der Waals surface area contributed by atoms with Crippen LogP contribution in [0.1, 0.15) is 12.8 Å². The molecule has 0 aliphatic heterocycles. The predicted octanol–water partition coefficient (Wildman–Crippen LogP) is 2.70. The minimum absolute atomic E-state index is 0.0246. The van der Waals surface area contributed by atoms with E-state index in [1.807, 2.05) is 0 Å². The van der Waals surface area contributed by atoms with Gasteiger partial charge in [-0.15, -0.1) is 10.2 Å². The summed E-state index contributed by atoms with van der Waals surface area (Å²) in [6.45, 7) is 0. The van der Waals surface area contributed by atoms with Crippen LogP contribution in [0.3, 0.4) is 0 Å². The largest absolute Gasteiger partial charge is 0.325 e. The lowest BCUT2D eigenvalue weighted by Gasteiger charge is -2.05. The highest BCUT2D eigenvalue weighted by molar-refractivity contribution is 7.99. The maximum Gasteiger partial charge on any atom is 0.234 e. The van der Waals surface area contributed by atoms with Gasteiger partial charge in [0.15, 0.2) is 5.82 Å². The number of hydrogen-bond acceptors (Lipinski definition) is 5. The van der Waals surface area contributed by atoms with E-state index >= 15 is 0 Å². The third-order valence-electron chi connectivity index (χ3n) is 3.32. The average molecular weight is 346 g/mol. The summed E-state index contributed by atoms with van der Waals surface area (Å²) < 4.78 is 12.8. The van der Waals surface area contributed by atoms with Crippen molar-refractivity contribution in [2.45, 2.75) is 17.9 Å². The van der Waals surface area contributed by atoms with Crippen molar-refractivity contribution in [2.24, 2.45) is 5.92 Å². The van der Waals surface area contributed by atoms with Crippen LogP contribution >= 0.6 is 11.8 Å². The number of nitrogens with one attached hydrogen (secondary N) is 2. The van der Waals surface area contributed by atoms with Crippen molar-refractivity contribution in [3.8, 4) is 0 Å². The Kier molecular flexibility index (Phi) is 5.05. The number of anilines is 2. The Bertz CT molecular complexity index is 733. The van der Waals surface area contributed by atoms with Crippen LogP contribution in [-0.4, -0.2) is 27.8 Å². The van der Waals surface area contributed by atoms with E-state index in [1.165, 1.54) is 36.0 Å². The third-order valence-corrected chi connectivity index (χ3v) is 4.24. The zero-order chi connectivity index (χ0) is 16.9. The van der Waals surface area contributed by atoms with Gasteiger partial charge in [0, 0.05) is 11.6 Å². The van der Waals surface area contributed by atoms with E-state index in [-0.39, 0.29) is 29.3 Å². The number of amides is 2. The fourth-order valence-corrected chi connectivity index (χ4v) is 2.52. The lowest BCUT2D eigenvalue weighted by molar-refractivity contribution is -0.117. The van der Waals surface area contributed by atoms with E-state index in [0.29, 0.717) is 16.5 Å². The van der Waals surface area contributed by atoms with Gasteiger partial charge in [-0.25, -0.2) is 4.39 Å². The van der Waals surface area contributed by atoms with Crippen LogP contribution in [0.15, 0.2) is 41.4 Å². The summed E-state index contributed by atoms with van der Waals surface area (Å²) in [7, 11) is 0. The molecule has 0 bridgehead atoms. The molecule has 6 nitrogen and oxygen atoms in total. The molecule has 1 heterocycles. The molecule has 1 aliphatic rings. The molecule has 3 rings (SSSR count). The van der Waals surface area contributed by atoms with E-state index in [9.17, 15) is 14.0 Å². The smallest absolute Gasteiger partial charge is 0.234 e. The SMILES string of the molecule is O=C(CSc1ccc(NC(=O)C2CC2)nn1)Nc1ccc(F)cc1. The molecule has 0 spiro atoms. The molecule has 2 aromatic rings. The lowest BCUT2D eigenvalue weighted by atomic mass is 10.3. The van der Waals surface area contributed by atoms with Gasteiger partial charge in [-0.3, -0.25) is 9.59 Å². The molecule has 1 aromatic carbocycles. The Balaban J connectivity index is 1.46. The Hall–Kier alpha value is -2.48. The van der Waals surface area contributed by atoms with E-state index in [2.05, 4.69) is 20.8 Å². The van der Waals surface area contributed by atoms with Gasteiger partial charge in [-0.05, 0) is 49.2 Å². The third kappa shape index (κ3) is 4.76. The highest BCUT2D eigenvalue weighted by Gasteiger charge is 2.29. The van der Waals surface area contributed by atoms with Gasteiger partial charge in [0.05, 0.1) is 5.75 Å². The number of carbonyl (C=O) groups is 2. The van der Waals surface area contributed by atoms with Gasteiger partial charge in [0.2, 0.25) is 11.8 Å². The zero-order valence-electron chi connectivity index (χ0n) is 12.7. The fourth-order valence-electron chi connectivity index (χ4n) is 1.91. The second-order valence-corrected chi connectivity index (χ2v) is 6.36. The minimum Gasteiger partial charge on any atom is -0.325 e. The van der Waals surface area contributed by atoms with Crippen molar-refractivity contribution in [2.75, 3.05) is 16.4 Å². The molecule has 24 heavy (non-hydrogen) atoms. The normalized spacial score (nSPS) is 13.4. The molecule has 8 heteroatoms. The summed E-state index contributed by atoms with van der Waals surface area (Å²) in [6.07, 6.45) is 1.85. The van der Waals surface area contributed by atoms with Crippen LogP contribution in [0.25, 0.3) is 0 Å². The lowest BCUT2D eigenvalue weighted by Crippen LogP contribution is -2.15. The number of rotatable bonds is 6. The summed E-state index contributed by atoms with van der Waals surface area (Å²) in [5.74, 6) is 0.0669. The maximum absolute atomic E-state index is 12.8. The Labute approximate surface area is 142 Å². The molecule has 1 saturated carbocycles.